The second-order valence-corrected chi connectivity index (χ2v) is 5.60. The predicted molar refractivity (Wildman–Crippen MR) is 78.5 cm³/mol. The van der Waals surface area contributed by atoms with E-state index in [0.717, 1.165) is 25.7 Å². The third-order valence-corrected chi connectivity index (χ3v) is 4.04. The Bertz CT molecular complexity index is 444. The van der Waals surface area contributed by atoms with Crippen LogP contribution < -0.4 is 16.6 Å². The van der Waals surface area contributed by atoms with E-state index in [2.05, 4.69) is 15.7 Å². The minimum atomic E-state index is -0.251. The minimum Gasteiger partial charge on any atom is -0.393 e. The summed E-state index contributed by atoms with van der Waals surface area (Å²) in [6.07, 6.45) is 3.88. The van der Waals surface area contributed by atoms with Crippen molar-refractivity contribution in [3.05, 3.63) is 16.1 Å². The van der Waals surface area contributed by atoms with Gasteiger partial charge in [-0.05, 0) is 18.9 Å². The molecule has 0 saturated heterocycles. The number of aliphatic hydroxyl groups is 1. The van der Waals surface area contributed by atoms with Crippen LogP contribution in [0.3, 0.4) is 0 Å². The Morgan fingerprint density at radius 1 is 1.26 bits per heavy atom. The fourth-order valence-corrected chi connectivity index (χ4v) is 2.83. The Labute approximate surface area is 122 Å². The lowest BCUT2D eigenvalue weighted by Crippen LogP contribution is -2.30. The van der Waals surface area contributed by atoms with E-state index in [9.17, 15) is 5.11 Å². The number of aromatic nitrogens is 1. The lowest BCUT2D eigenvalue weighted by atomic mass is 9.86. The molecule has 7 heteroatoms. The molecule has 0 radical (unpaired) electrons. The van der Waals surface area contributed by atoms with Gasteiger partial charge in [0, 0.05) is 12.5 Å². The number of hydrogen-bond acceptors (Lipinski definition) is 5. The molecular formula is C12H18Cl2N4O. The highest BCUT2D eigenvalue weighted by molar-refractivity contribution is 6.37. The summed E-state index contributed by atoms with van der Waals surface area (Å²) < 4.78 is 0. The molecule has 5 nitrogen and oxygen atoms in total. The van der Waals surface area contributed by atoms with Gasteiger partial charge in [-0.1, -0.05) is 36.0 Å². The van der Waals surface area contributed by atoms with Gasteiger partial charge in [0.15, 0.2) is 5.82 Å². The first kappa shape index (κ1) is 14.7. The van der Waals surface area contributed by atoms with Gasteiger partial charge in [0.1, 0.15) is 5.82 Å². The summed E-state index contributed by atoms with van der Waals surface area (Å²) in [7, 11) is 0. The number of nitrogens with zero attached hydrogens (tertiary/aromatic N) is 1. The van der Waals surface area contributed by atoms with Gasteiger partial charge >= 0.3 is 0 Å². The fourth-order valence-electron chi connectivity index (χ4n) is 2.35. The van der Waals surface area contributed by atoms with Crippen LogP contribution in [0.15, 0.2) is 6.07 Å². The van der Waals surface area contributed by atoms with E-state index >= 15 is 0 Å². The van der Waals surface area contributed by atoms with Crippen molar-refractivity contribution < 1.29 is 5.11 Å². The van der Waals surface area contributed by atoms with Crippen molar-refractivity contribution in [2.75, 3.05) is 17.3 Å². The van der Waals surface area contributed by atoms with Gasteiger partial charge < -0.3 is 15.8 Å². The van der Waals surface area contributed by atoms with Crippen LogP contribution in [0, 0.1) is 5.92 Å². The van der Waals surface area contributed by atoms with E-state index in [-0.39, 0.29) is 12.0 Å². The van der Waals surface area contributed by atoms with E-state index in [1.807, 2.05) is 0 Å². The molecule has 0 aromatic carbocycles. The highest BCUT2D eigenvalue weighted by Gasteiger charge is 2.23. The molecule has 2 unspecified atom stereocenters. The smallest absolute Gasteiger partial charge is 0.161 e. The van der Waals surface area contributed by atoms with E-state index in [4.69, 9.17) is 29.0 Å². The lowest BCUT2D eigenvalue weighted by Gasteiger charge is -2.28. The first-order chi connectivity index (χ1) is 9.11. The molecule has 5 N–H and O–H groups in total. The molecule has 1 fully saturated rings. The number of hydrogen-bond donors (Lipinski definition) is 4. The highest BCUT2D eigenvalue weighted by atomic mass is 35.5. The number of nitrogens with two attached hydrogens (primary N) is 1. The van der Waals surface area contributed by atoms with Gasteiger partial charge in [-0.3, -0.25) is 0 Å². The van der Waals surface area contributed by atoms with Crippen molar-refractivity contribution >= 4 is 34.8 Å². The van der Waals surface area contributed by atoms with Crippen LogP contribution in [0.1, 0.15) is 25.7 Å². The number of aliphatic hydroxyl groups excluding tert-OH is 1. The van der Waals surface area contributed by atoms with Crippen molar-refractivity contribution in [2.24, 2.45) is 11.8 Å². The molecule has 2 rings (SSSR count). The van der Waals surface area contributed by atoms with Crippen molar-refractivity contribution in [1.82, 2.24) is 4.98 Å². The average molecular weight is 305 g/mol. The monoisotopic (exact) mass is 304 g/mol. The van der Waals surface area contributed by atoms with Crippen LogP contribution in [0.25, 0.3) is 0 Å². The lowest BCUT2D eigenvalue weighted by molar-refractivity contribution is 0.0763. The maximum absolute atomic E-state index is 9.91. The molecule has 1 aliphatic carbocycles. The molecule has 19 heavy (non-hydrogen) atoms. The Morgan fingerprint density at radius 2 is 1.95 bits per heavy atom. The van der Waals surface area contributed by atoms with Crippen LogP contribution in [0.2, 0.25) is 10.0 Å². The van der Waals surface area contributed by atoms with Gasteiger partial charge in [0.05, 0.1) is 16.1 Å². The molecule has 0 spiro atoms. The summed E-state index contributed by atoms with van der Waals surface area (Å²) in [6, 6.07) is 1.59. The number of anilines is 2. The summed E-state index contributed by atoms with van der Waals surface area (Å²) in [5.74, 6) is 6.45. The van der Waals surface area contributed by atoms with E-state index in [1.54, 1.807) is 6.07 Å². The Hall–Kier alpha value is -0.750. The minimum absolute atomic E-state index is 0.233. The van der Waals surface area contributed by atoms with Gasteiger partial charge in [-0.25, -0.2) is 10.8 Å². The summed E-state index contributed by atoms with van der Waals surface area (Å²) in [5.41, 5.74) is 2.42. The van der Waals surface area contributed by atoms with Crippen molar-refractivity contribution in [3.8, 4) is 0 Å². The van der Waals surface area contributed by atoms with Crippen molar-refractivity contribution in [2.45, 2.75) is 31.8 Å². The summed E-state index contributed by atoms with van der Waals surface area (Å²) in [4.78, 5) is 4.21. The molecular weight excluding hydrogens is 287 g/mol. The number of nitrogens with one attached hydrogen (secondary N) is 2. The normalized spacial score (nSPS) is 23.2. The van der Waals surface area contributed by atoms with Crippen LogP contribution in [0.4, 0.5) is 11.6 Å². The van der Waals surface area contributed by atoms with E-state index in [0.29, 0.717) is 28.2 Å². The Balaban J connectivity index is 2.02. The highest BCUT2D eigenvalue weighted by Crippen LogP contribution is 2.30. The molecule has 106 valence electrons. The van der Waals surface area contributed by atoms with Gasteiger partial charge in [-0.2, -0.15) is 0 Å². The predicted octanol–water partition coefficient (Wildman–Crippen LogP) is 2.64. The zero-order chi connectivity index (χ0) is 13.8. The molecule has 1 aromatic rings. The maximum atomic E-state index is 9.91. The number of nitrogen functional groups attached to an aromatic ring is 1. The molecule has 0 amide bonds. The summed E-state index contributed by atoms with van der Waals surface area (Å²) >= 11 is 12.0. The second-order valence-electron chi connectivity index (χ2n) is 4.79. The van der Waals surface area contributed by atoms with E-state index < -0.39 is 0 Å². The number of rotatable bonds is 4. The molecule has 0 aliphatic heterocycles. The molecule has 2 atom stereocenters. The molecule has 1 aromatic heterocycles. The Kier molecular flexibility index (Phi) is 5.10. The quantitative estimate of drug-likeness (QED) is 0.508. The van der Waals surface area contributed by atoms with Gasteiger partial charge in [0.2, 0.25) is 0 Å². The van der Waals surface area contributed by atoms with Crippen LogP contribution >= 0.6 is 23.2 Å². The Morgan fingerprint density at radius 3 is 2.63 bits per heavy atom. The molecule has 1 aliphatic rings. The summed E-state index contributed by atoms with van der Waals surface area (Å²) in [6.45, 7) is 0.638. The molecule has 1 saturated carbocycles. The largest absolute Gasteiger partial charge is 0.393 e. The first-order valence-electron chi connectivity index (χ1n) is 6.36. The molecule has 1 heterocycles. The van der Waals surface area contributed by atoms with Crippen LogP contribution in [0.5, 0.6) is 0 Å². The van der Waals surface area contributed by atoms with Crippen molar-refractivity contribution in [1.29, 1.82) is 0 Å². The zero-order valence-corrected chi connectivity index (χ0v) is 12.0. The first-order valence-corrected chi connectivity index (χ1v) is 7.12. The average Bonchev–Trinajstić information content (AvgIpc) is 2.39. The van der Waals surface area contributed by atoms with Crippen molar-refractivity contribution in [3.63, 3.8) is 0 Å². The maximum Gasteiger partial charge on any atom is 0.161 e. The topological polar surface area (TPSA) is 83.2 Å². The third-order valence-electron chi connectivity index (χ3n) is 3.47. The number of hydrazine groups is 1. The zero-order valence-electron chi connectivity index (χ0n) is 10.5. The number of pyridine rings is 1. The second kappa shape index (κ2) is 6.61. The van der Waals surface area contributed by atoms with Crippen LogP contribution in [-0.2, 0) is 0 Å². The standard InChI is InChI=1S/C12H18Cl2N4O/c13-8-5-9(14)12(18-15)17-11(8)16-6-7-3-1-2-4-10(7)19/h5,7,10,19H,1-4,6,15H2,(H2,16,17,18). The SMILES string of the molecule is NNc1nc(NCC2CCCCC2O)c(Cl)cc1Cl. The summed E-state index contributed by atoms with van der Waals surface area (Å²) in [5, 5.41) is 13.9. The van der Waals surface area contributed by atoms with Crippen LogP contribution in [-0.4, -0.2) is 22.7 Å². The third kappa shape index (κ3) is 3.63. The van der Waals surface area contributed by atoms with Gasteiger partial charge in [-0.15, -0.1) is 0 Å². The fraction of sp³-hybridized carbons (Fsp3) is 0.583. The van der Waals surface area contributed by atoms with E-state index in [1.165, 1.54) is 0 Å². The number of halogens is 2. The van der Waals surface area contributed by atoms with Gasteiger partial charge in [0.25, 0.3) is 0 Å². The molecule has 0 bridgehead atoms.